The van der Waals surface area contributed by atoms with Gasteiger partial charge in [0.1, 0.15) is 5.75 Å². The first-order chi connectivity index (χ1) is 14.2. The van der Waals surface area contributed by atoms with Crippen LogP contribution in [0.3, 0.4) is 0 Å². The molecule has 2 aliphatic heterocycles. The fourth-order valence-electron chi connectivity index (χ4n) is 5.22. The zero-order chi connectivity index (χ0) is 19.8. The number of hydrogen-bond donors (Lipinski definition) is 0. The normalized spacial score (nSPS) is 24.7. The Morgan fingerprint density at radius 3 is 2.48 bits per heavy atom. The molecule has 0 amide bonds. The molecule has 5 heteroatoms. The molecule has 0 N–H and O–H groups in total. The highest BCUT2D eigenvalue weighted by atomic mass is 16.5. The van der Waals surface area contributed by atoms with Crippen LogP contribution in [0.4, 0.5) is 0 Å². The van der Waals surface area contributed by atoms with Crippen LogP contribution in [0.5, 0.6) is 5.75 Å². The van der Waals surface area contributed by atoms with E-state index in [1.54, 1.807) is 7.11 Å². The van der Waals surface area contributed by atoms with Crippen molar-refractivity contribution < 1.29 is 4.74 Å². The van der Waals surface area contributed by atoms with Crippen molar-refractivity contribution in [2.75, 3.05) is 33.8 Å². The van der Waals surface area contributed by atoms with Gasteiger partial charge in [-0.3, -0.25) is 9.80 Å². The van der Waals surface area contributed by atoms with Crippen LogP contribution in [0, 0.1) is 11.8 Å². The van der Waals surface area contributed by atoms with Crippen LogP contribution in [0.1, 0.15) is 17.2 Å². The lowest BCUT2D eigenvalue weighted by Gasteiger charge is -2.27. The van der Waals surface area contributed by atoms with Gasteiger partial charge in [-0.05, 0) is 60.3 Å². The summed E-state index contributed by atoms with van der Waals surface area (Å²) >= 11 is 0. The van der Waals surface area contributed by atoms with Crippen molar-refractivity contribution in [3.8, 4) is 11.4 Å². The molecule has 0 saturated carbocycles. The molecule has 2 fully saturated rings. The Kier molecular flexibility index (Phi) is 4.86. The van der Waals surface area contributed by atoms with Crippen molar-refractivity contribution in [1.29, 1.82) is 0 Å². The van der Waals surface area contributed by atoms with E-state index in [9.17, 15) is 0 Å². The number of methoxy groups -OCH3 is 1. The lowest BCUT2D eigenvalue weighted by molar-refractivity contribution is 0.224. The lowest BCUT2D eigenvalue weighted by atomic mass is 9.89. The number of hydrogen-bond acceptors (Lipinski definition) is 4. The second-order valence-electron chi connectivity index (χ2n) is 8.39. The monoisotopic (exact) mass is 388 g/mol. The van der Waals surface area contributed by atoms with E-state index in [2.05, 4.69) is 70.5 Å². The Morgan fingerprint density at radius 2 is 1.79 bits per heavy atom. The number of fused-ring (bicyclic) bond motifs is 1. The molecule has 3 aromatic rings. The van der Waals surface area contributed by atoms with Crippen molar-refractivity contribution >= 4 is 0 Å². The van der Waals surface area contributed by atoms with Crippen LogP contribution < -0.4 is 4.74 Å². The average molecular weight is 389 g/mol. The lowest BCUT2D eigenvalue weighted by Crippen LogP contribution is -2.28. The van der Waals surface area contributed by atoms with E-state index in [0.717, 1.165) is 30.4 Å². The molecule has 2 aromatic carbocycles. The van der Waals surface area contributed by atoms with Crippen LogP contribution in [0.25, 0.3) is 5.69 Å². The number of aromatic nitrogens is 2. The Bertz CT molecular complexity index is 936. The summed E-state index contributed by atoms with van der Waals surface area (Å²) in [4.78, 5) is 5.16. The van der Waals surface area contributed by atoms with Gasteiger partial charge in [0.15, 0.2) is 0 Å². The highest BCUT2D eigenvalue weighted by Gasteiger charge is 2.45. The molecule has 1 aromatic heterocycles. The van der Waals surface area contributed by atoms with E-state index >= 15 is 0 Å². The van der Waals surface area contributed by atoms with Gasteiger partial charge in [-0.1, -0.05) is 24.3 Å². The molecule has 0 spiro atoms. The van der Waals surface area contributed by atoms with Gasteiger partial charge in [0.25, 0.3) is 0 Å². The molecule has 29 heavy (non-hydrogen) atoms. The van der Waals surface area contributed by atoms with Crippen molar-refractivity contribution in [3.63, 3.8) is 0 Å². The maximum atomic E-state index is 5.33. The second kappa shape index (κ2) is 7.65. The molecule has 0 aliphatic carbocycles. The average Bonchev–Trinajstić information content (AvgIpc) is 3.46. The summed E-state index contributed by atoms with van der Waals surface area (Å²) in [5, 5.41) is 4.31. The van der Waals surface area contributed by atoms with Gasteiger partial charge in [-0.25, -0.2) is 4.68 Å². The fraction of sp³-hybridized carbons (Fsp3) is 0.375. The molecule has 150 valence electrons. The summed E-state index contributed by atoms with van der Waals surface area (Å²) in [5.41, 5.74) is 3.89. The Balaban J connectivity index is 1.26. The molecule has 3 atom stereocenters. The number of ether oxygens (including phenoxy) is 1. The summed E-state index contributed by atoms with van der Waals surface area (Å²) in [7, 11) is 3.99. The first kappa shape index (κ1) is 18.4. The fourth-order valence-corrected chi connectivity index (χ4v) is 5.22. The SMILES string of the molecule is COc1ccc([C@@H]2[C@@H]3CN(Cc4ccc(-n5cccn5)cc4)C[C@@H]3CN2C)cc1. The van der Waals surface area contributed by atoms with Crippen molar-refractivity contribution in [3.05, 3.63) is 78.1 Å². The predicted octanol–water partition coefficient (Wildman–Crippen LogP) is 3.62. The first-order valence-electron chi connectivity index (χ1n) is 10.4. The summed E-state index contributed by atoms with van der Waals surface area (Å²) in [6.07, 6.45) is 3.79. The smallest absolute Gasteiger partial charge is 0.118 e. The number of likely N-dealkylation sites (tertiary alicyclic amines) is 2. The van der Waals surface area contributed by atoms with Crippen LogP contribution in [0.15, 0.2) is 67.0 Å². The minimum absolute atomic E-state index is 0.498. The summed E-state index contributed by atoms with van der Waals surface area (Å²) in [6, 6.07) is 19.9. The molecule has 2 aliphatic rings. The summed E-state index contributed by atoms with van der Waals surface area (Å²) < 4.78 is 7.24. The molecule has 2 saturated heterocycles. The highest BCUT2D eigenvalue weighted by Crippen LogP contribution is 2.44. The second-order valence-corrected chi connectivity index (χ2v) is 8.39. The largest absolute Gasteiger partial charge is 0.497 e. The molecular weight excluding hydrogens is 360 g/mol. The zero-order valence-electron chi connectivity index (χ0n) is 17.1. The minimum atomic E-state index is 0.498. The zero-order valence-corrected chi connectivity index (χ0v) is 17.1. The third-order valence-electron chi connectivity index (χ3n) is 6.54. The van der Waals surface area contributed by atoms with E-state index in [-0.39, 0.29) is 0 Å². The molecule has 3 heterocycles. The third-order valence-corrected chi connectivity index (χ3v) is 6.54. The maximum absolute atomic E-state index is 5.33. The van der Waals surface area contributed by atoms with E-state index in [1.807, 2.05) is 23.1 Å². The Morgan fingerprint density at radius 1 is 1.00 bits per heavy atom. The number of nitrogens with zero attached hydrogens (tertiary/aromatic N) is 4. The predicted molar refractivity (Wildman–Crippen MR) is 114 cm³/mol. The molecular formula is C24H28N4O. The molecule has 5 rings (SSSR count). The van der Waals surface area contributed by atoms with Gasteiger partial charge in [-0.15, -0.1) is 0 Å². The Hall–Kier alpha value is -2.63. The third kappa shape index (κ3) is 3.56. The number of rotatable bonds is 5. The minimum Gasteiger partial charge on any atom is -0.497 e. The van der Waals surface area contributed by atoms with Gasteiger partial charge >= 0.3 is 0 Å². The van der Waals surface area contributed by atoms with E-state index in [0.29, 0.717) is 12.0 Å². The number of benzene rings is 2. The van der Waals surface area contributed by atoms with Gasteiger partial charge in [0.05, 0.1) is 12.8 Å². The molecule has 5 nitrogen and oxygen atoms in total. The van der Waals surface area contributed by atoms with Crippen LogP contribution in [0.2, 0.25) is 0 Å². The van der Waals surface area contributed by atoms with E-state index in [4.69, 9.17) is 4.74 Å². The Labute approximate surface area is 172 Å². The summed E-state index contributed by atoms with van der Waals surface area (Å²) in [6.45, 7) is 4.54. The van der Waals surface area contributed by atoms with Gasteiger partial charge < -0.3 is 4.74 Å². The van der Waals surface area contributed by atoms with Crippen molar-refractivity contribution in [2.24, 2.45) is 11.8 Å². The molecule has 0 bridgehead atoms. The van der Waals surface area contributed by atoms with Gasteiger partial charge in [-0.2, -0.15) is 5.10 Å². The van der Waals surface area contributed by atoms with Crippen molar-refractivity contribution in [2.45, 2.75) is 12.6 Å². The van der Waals surface area contributed by atoms with Crippen LogP contribution >= 0.6 is 0 Å². The molecule has 0 radical (unpaired) electrons. The van der Waals surface area contributed by atoms with Gasteiger partial charge in [0, 0.05) is 44.6 Å². The molecule has 0 unspecified atom stereocenters. The van der Waals surface area contributed by atoms with Crippen LogP contribution in [-0.2, 0) is 6.54 Å². The standard InChI is InChI=1S/C24H28N4O/c1-26-15-20-16-27(14-18-4-8-21(9-5-18)28-13-3-12-25-28)17-23(20)24(26)19-6-10-22(29-2)11-7-19/h3-13,20,23-24H,14-17H2,1-2H3/t20-,23+,24+/m0/s1. The first-order valence-corrected chi connectivity index (χ1v) is 10.4. The van der Waals surface area contributed by atoms with Gasteiger partial charge in [0.2, 0.25) is 0 Å². The van der Waals surface area contributed by atoms with E-state index in [1.165, 1.54) is 24.2 Å². The maximum Gasteiger partial charge on any atom is 0.118 e. The highest BCUT2D eigenvalue weighted by molar-refractivity contribution is 5.34. The van der Waals surface area contributed by atoms with Crippen molar-refractivity contribution in [1.82, 2.24) is 19.6 Å². The summed E-state index contributed by atoms with van der Waals surface area (Å²) in [5.74, 6) is 2.37. The quantitative estimate of drug-likeness (QED) is 0.669. The topological polar surface area (TPSA) is 33.5 Å². The van der Waals surface area contributed by atoms with E-state index < -0.39 is 0 Å². The van der Waals surface area contributed by atoms with Crippen LogP contribution in [-0.4, -0.2) is 53.4 Å².